The molecule has 0 unspecified atom stereocenters. The summed E-state index contributed by atoms with van der Waals surface area (Å²) in [5, 5.41) is 11.5. The molecule has 4 N–H and O–H groups in total. The summed E-state index contributed by atoms with van der Waals surface area (Å²) in [7, 11) is -1.94. The molecule has 0 saturated carbocycles. The highest BCUT2D eigenvalue weighted by Crippen LogP contribution is 2.19. The van der Waals surface area contributed by atoms with Gasteiger partial charge in [0, 0.05) is 18.5 Å². The van der Waals surface area contributed by atoms with E-state index in [1.165, 1.54) is 17.2 Å². The third-order valence-corrected chi connectivity index (χ3v) is 5.80. The SMILES string of the molecule is CN=C(NCc1ccc(S(N)(=O)=O)s1)NCc1ccccc1C.I. The fourth-order valence-corrected chi connectivity index (χ4v) is 3.70. The molecule has 24 heavy (non-hydrogen) atoms. The number of halogens is 1. The predicted molar refractivity (Wildman–Crippen MR) is 109 cm³/mol. The van der Waals surface area contributed by atoms with Gasteiger partial charge in [-0.15, -0.1) is 35.3 Å². The van der Waals surface area contributed by atoms with Crippen LogP contribution in [-0.4, -0.2) is 21.4 Å². The van der Waals surface area contributed by atoms with Crippen LogP contribution in [0.25, 0.3) is 0 Å². The number of sulfonamides is 1. The molecule has 0 bridgehead atoms. The van der Waals surface area contributed by atoms with E-state index >= 15 is 0 Å². The highest BCUT2D eigenvalue weighted by molar-refractivity contribution is 14.0. The third kappa shape index (κ3) is 6.04. The van der Waals surface area contributed by atoms with E-state index in [0.29, 0.717) is 19.0 Å². The first-order valence-corrected chi connectivity index (χ1v) is 9.37. The molecule has 132 valence electrons. The monoisotopic (exact) mass is 480 g/mol. The lowest BCUT2D eigenvalue weighted by atomic mass is 10.1. The summed E-state index contributed by atoms with van der Waals surface area (Å²) in [6.07, 6.45) is 0. The van der Waals surface area contributed by atoms with Crippen LogP contribution < -0.4 is 15.8 Å². The molecular formula is C15H21IN4O2S2. The smallest absolute Gasteiger partial charge is 0.247 e. The summed E-state index contributed by atoms with van der Waals surface area (Å²) in [6, 6.07) is 11.4. The number of benzene rings is 1. The van der Waals surface area contributed by atoms with Crippen molar-refractivity contribution >= 4 is 51.3 Å². The number of nitrogens with zero attached hydrogens (tertiary/aromatic N) is 1. The molecule has 2 aromatic rings. The van der Waals surface area contributed by atoms with Crippen LogP contribution in [0, 0.1) is 6.92 Å². The van der Waals surface area contributed by atoms with Crippen molar-refractivity contribution in [2.45, 2.75) is 24.2 Å². The minimum atomic E-state index is -3.63. The van der Waals surface area contributed by atoms with Crippen molar-refractivity contribution in [3.05, 3.63) is 52.4 Å². The van der Waals surface area contributed by atoms with Crippen LogP contribution in [-0.2, 0) is 23.1 Å². The zero-order valence-corrected chi connectivity index (χ0v) is 17.4. The Labute approximate surface area is 163 Å². The van der Waals surface area contributed by atoms with Gasteiger partial charge in [-0.05, 0) is 30.2 Å². The van der Waals surface area contributed by atoms with E-state index in [1.54, 1.807) is 13.1 Å². The fraction of sp³-hybridized carbons (Fsp3) is 0.267. The van der Waals surface area contributed by atoms with Gasteiger partial charge in [-0.2, -0.15) is 0 Å². The number of guanidine groups is 1. The number of aryl methyl sites for hydroxylation is 1. The molecule has 9 heteroatoms. The number of hydrogen-bond donors (Lipinski definition) is 3. The topological polar surface area (TPSA) is 96.6 Å². The average Bonchev–Trinajstić information content (AvgIpc) is 2.98. The molecule has 0 aliphatic carbocycles. The Morgan fingerprint density at radius 1 is 1.17 bits per heavy atom. The number of thiophene rings is 1. The molecule has 0 atom stereocenters. The quantitative estimate of drug-likeness (QED) is 0.347. The van der Waals surface area contributed by atoms with Crippen LogP contribution in [0.3, 0.4) is 0 Å². The van der Waals surface area contributed by atoms with Crippen molar-refractivity contribution in [3.8, 4) is 0 Å². The lowest BCUT2D eigenvalue weighted by Crippen LogP contribution is -2.36. The molecular weight excluding hydrogens is 459 g/mol. The van der Waals surface area contributed by atoms with Crippen molar-refractivity contribution in [2.75, 3.05) is 7.05 Å². The zero-order valence-electron chi connectivity index (χ0n) is 13.4. The third-order valence-electron chi connectivity index (χ3n) is 3.28. The summed E-state index contributed by atoms with van der Waals surface area (Å²) in [6.45, 7) is 3.21. The maximum atomic E-state index is 11.3. The highest BCUT2D eigenvalue weighted by atomic mass is 127. The van der Waals surface area contributed by atoms with Gasteiger partial charge in [0.15, 0.2) is 5.96 Å². The largest absolute Gasteiger partial charge is 0.352 e. The van der Waals surface area contributed by atoms with Gasteiger partial charge in [0.25, 0.3) is 0 Å². The second-order valence-electron chi connectivity index (χ2n) is 4.97. The van der Waals surface area contributed by atoms with Crippen LogP contribution in [0.15, 0.2) is 45.6 Å². The molecule has 1 heterocycles. The van der Waals surface area contributed by atoms with E-state index in [1.807, 2.05) is 12.1 Å². The zero-order chi connectivity index (χ0) is 16.9. The number of nitrogens with two attached hydrogens (primary N) is 1. The molecule has 0 spiro atoms. The molecule has 0 aliphatic heterocycles. The molecule has 2 rings (SSSR count). The number of nitrogens with one attached hydrogen (secondary N) is 2. The van der Waals surface area contributed by atoms with Gasteiger partial charge < -0.3 is 10.6 Å². The van der Waals surface area contributed by atoms with E-state index in [9.17, 15) is 8.42 Å². The number of rotatable bonds is 5. The predicted octanol–water partition coefficient (Wildman–Crippen LogP) is 2.19. The normalized spacial score (nSPS) is 11.7. The summed E-state index contributed by atoms with van der Waals surface area (Å²) in [4.78, 5) is 5.03. The maximum Gasteiger partial charge on any atom is 0.247 e. The van der Waals surface area contributed by atoms with Crippen molar-refractivity contribution in [2.24, 2.45) is 10.1 Å². The van der Waals surface area contributed by atoms with Gasteiger partial charge >= 0.3 is 0 Å². The fourth-order valence-electron chi connectivity index (χ4n) is 1.98. The van der Waals surface area contributed by atoms with E-state index in [-0.39, 0.29) is 28.2 Å². The Morgan fingerprint density at radius 2 is 1.83 bits per heavy atom. The van der Waals surface area contributed by atoms with Crippen molar-refractivity contribution < 1.29 is 8.42 Å². The van der Waals surface area contributed by atoms with Crippen LogP contribution in [0.4, 0.5) is 0 Å². The first-order chi connectivity index (χ1) is 10.9. The Balaban J connectivity index is 0.00000288. The highest BCUT2D eigenvalue weighted by Gasteiger charge is 2.11. The van der Waals surface area contributed by atoms with Crippen molar-refractivity contribution in [3.63, 3.8) is 0 Å². The molecule has 0 fully saturated rings. The Morgan fingerprint density at radius 3 is 2.42 bits per heavy atom. The number of hydrogen-bond acceptors (Lipinski definition) is 4. The Hall–Kier alpha value is -1.17. The molecule has 6 nitrogen and oxygen atoms in total. The number of primary sulfonamides is 1. The second-order valence-corrected chi connectivity index (χ2v) is 7.93. The molecule has 1 aromatic carbocycles. The van der Waals surface area contributed by atoms with Crippen LogP contribution in [0.5, 0.6) is 0 Å². The summed E-state index contributed by atoms with van der Waals surface area (Å²) < 4.78 is 22.7. The molecule has 0 saturated heterocycles. The van der Waals surface area contributed by atoms with Gasteiger partial charge in [-0.1, -0.05) is 24.3 Å². The maximum absolute atomic E-state index is 11.3. The lowest BCUT2D eigenvalue weighted by Gasteiger charge is -2.12. The van der Waals surface area contributed by atoms with Gasteiger partial charge in [0.2, 0.25) is 10.0 Å². The van der Waals surface area contributed by atoms with E-state index in [4.69, 9.17) is 5.14 Å². The minimum Gasteiger partial charge on any atom is -0.352 e. The van der Waals surface area contributed by atoms with Gasteiger partial charge in [-0.25, -0.2) is 13.6 Å². The molecule has 1 aromatic heterocycles. The van der Waals surface area contributed by atoms with E-state index in [0.717, 1.165) is 16.2 Å². The van der Waals surface area contributed by atoms with Gasteiger partial charge in [-0.3, -0.25) is 4.99 Å². The average molecular weight is 480 g/mol. The molecule has 0 amide bonds. The van der Waals surface area contributed by atoms with Crippen molar-refractivity contribution in [1.29, 1.82) is 0 Å². The Bertz CT molecular complexity index is 803. The molecule has 0 radical (unpaired) electrons. The minimum absolute atomic E-state index is 0. The van der Waals surface area contributed by atoms with Crippen LogP contribution in [0.2, 0.25) is 0 Å². The van der Waals surface area contributed by atoms with Crippen LogP contribution >= 0.6 is 35.3 Å². The van der Waals surface area contributed by atoms with E-state index in [2.05, 4.69) is 34.7 Å². The second kappa shape index (κ2) is 9.35. The first kappa shape index (κ1) is 20.9. The summed E-state index contributed by atoms with van der Waals surface area (Å²) >= 11 is 1.15. The Kier molecular flexibility index (Phi) is 8.13. The summed E-state index contributed by atoms with van der Waals surface area (Å²) in [5.74, 6) is 0.652. The summed E-state index contributed by atoms with van der Waals surface area (Å²) in [5.41, 5.74) is 2.41. The van der Waals surface area contributed by atoms with Crippen molar-refractivity contribution in [1.82, 2.24) is 10.6 Å². The molecule has 0 aliphatic rings. The van der Waals surface area contributed by atoms with Crippen LogP contribution in [0.1, 0.15) is 16.0 Å². The van der Waals surface area contributed by atoms with Gasteiger partial charge in [0.05, 0.1) is 6.54 Å². The number of aliphatic imine (C=N–C) groups is 1. The lowest BCUT2D eigenvalue weighted by molar-refractivity contribution is 0.600. The van der Waals surface area contributed by atoms with E-state index < -0.39 is 10.0 Å². The standard InChI is InChI=1S/C15H20N4O2S2.HI/c1-11-5-3-4-6-12(11)9-18-15(17-2)19-10-13-7-8-14(22-13)23(16,20)21;/h3-8H,9-10H2,1-2H3,(H2,16,20,21)(H2,17,18,19);1H. The van der Waals surface area contributed by atoms with Gasteiger partial charge in [0.1, 0.15) is 4.21 Å². The first-order valence-electron chi connectivity index (χ1n) is 7.00.